The lowest BCUT2D eigenvalue weighted by Crippen LogP contribution is -2.30. The van der Waals surface area contributed by atoms with Crippen LogP contribution in [0.3, 0.4) is 0 Å². The molecule has 1 amide bonds. The molecule has 0 aromatic carbocycles. The van der Waals surface area contributed by atoms with Gasteiger partial charge in [0.1, 0.15) is 12.7 Å². The Hall–Kier alpha value is -2.54. The van der Waals surface area contributed by atoms with Gasteiger partial charge in [-0.1, -0.05) is 0 Å². The van der Waals surface area contributed by atoms with E-state index in [0.717, 1.165) is 19.4 Å². The van der Waals surface area contributed by atoms with Gasteiger partial charge in [-0.15, -0.1) is 0 Å². The predicted octanol–water partition coefficient (Wildman–Crippen LogP) is 2.70. The molecule has 0 saturated carbocycles. The third-order valence-electron chi connectivity index (χ3n) is 4.09. The molecule has 0 radical (unpaired) electrons. The van der Waals surface area contributed by atoms with Crippen molar-refractivity contribution in [2.75, 3.05) is 6.54 Å². The number of rotatable bonds is 3. The molecule has 7 heteroatoms. The molecule has 3 aromatic heterocycles. The summed E-state index contributed by atoms with van der Waals surface area (Å²) in [5.74, 6) is 0.641. The van der Waals surface area contributed by atoms with Gasteiger partial charge in [0, 0.05) is 18.3 Å². The number of amides is 1. The van der Waals surface area contributed by atoms with Gasteiger partial charge in [-0.25, -0.2) is 14.6 Å². The van der Waals surface area contributed by atoms with Crippen LogP contribution < -0.4 is 0 Å². The Kier molecular flexibility index (Phi) is 3.63. The summed E-state index contributed by atoms with van der Waals surface area (Å²) in [6, 6.07) is 5.80. The minimum atomic E-state index is 0.0439. The first-order chi connectivity index (χ1) is 11.3. The van der Waals surface area contributed by atoms with Gasteiger partial charge in [-0.05, 0) is 47.4 Å². The number of carbonyl (C=O) groups excluding carboxylic acids is 1. The summed E-state index contributed by atoms with van der Waals surface area (Å²) in [5.41, 5.74) is 1.86. The fourth-order valence-electron chi connectivity index (χ4n) is 2.99. The van der Waals surface area contributed by atoms with Gasteiger partial charge in [0.25, 0.3) is 5.91 Å². The molecule has 1 saturated heterocycles. The van der Waals surface area contributed by atoms with Gasteiger partial charge in [-0.2, -0.15) is 16.4 Å². The fourth-order valence-corrected chi connectivity index (χ4v) is 3.70. The summed E-state index contributed by atoms with van der Waals surface area (Å²) in [7, 11) is 0. The zero-order valence-electron chi connectivity index (χ0n) is 12.4. The van der Waals surface area contributed by atoms with Crippen LogP contribution in [0.4, 0.5) is 0 Å². The average molecular weight is 325 g/mol. The number of aromatic nitrogens is 4. The Morgan fingerprint density at radius 2 is 2.30 bits per heavy atom. The highest BCUT2D eigenvalue weighted by molar-refractivity contribution is 7.08. The summed E-state index contributed by atoms with van der Waals surface area (Å²) in [4.78, 5) is 23.1. The molecular weight excluding hydrogens is 310 g/mol. The van der Waals surface area contributed by atoms with Crippen LogP contribution in [0, 0.1) is 0 Å². The summed E-state index contributed by atoms with van der Waals surface area (Å²) in [5, 5.41) is 8.25. The van der Waals surface area contributed by atoms with E-state index in [1.165, 1.54) is 11.9 Å². The van der Waals surface area contributed by atoms with Crippen molar-refractivity contribution in [2.45, 2.75) is 18.9 Å². The van der Waals surface area contributed by atoms with E-state index in [2.05, 4.69) is 31.9 Å². The minimum Gasteiger partial charge on any atom is -0.332 e. The normalized spacial score (nSPS) is 17.6. The predicted molar refractivity (Wildman–Crippen MR) is 86.5 cm³/mol. The topological polar surface area (TPSA) is 63.9 Å². The van der Waals surface area contributed by atoms with Gasteiger partial charge in [0.2, 0.25) is 0 Å². The Balaban J connectivity index is 1.63. The van der Waals surface area contributed by atoms with Crippen LogP contribution in [0.2, 0.25) is 0 Å². The van der Waals surface area contributed by atoms with Gasteiger partial charge in [0.05, 0.1) is 6.04 Å². The molecule has 4 heterocycles. The number of hydrogen-bond acceptors (Lipinski definition) is 5. The molecule has 3 aromatic rings. The second-order valence-electron chi connectivity index (χ2n) is 5.46. The molecule has 0 aliphatic carbocycles. The second-order valence-corrected chi connectivity index (χ2v) is 6.24. The Morgan fingerprint density at radius 3 is 3.09 bits per heavy atom. The van der Waals surface area contributed by atoms with Crippen LogP contribution in [0.5, 0.6) is 0 Å². The quantitative estimate of drug-likeness (QED) is 0.743. The molecule has 23 heavy (non-hydrogen) atoms. The third kappa shape index (κ3) is 2.63. The molecule has 1 fully saturated rings. The lowest BCUT2D eigenvalue weighted by molar-refractivity contribution is 0.0735. The number of nitrogens with zero attached hydrogens (tertiary/aromatic N) is 5. The fraction of sp³-hybridized carbons (Fsp3) is 0.250. The van der Waals surface area contributed by atoms with Crippen molar-refractivity contribution in [2.24, 2.45) is 0 Å². The lowest BCUT2D eigenvalue weighted by Gasteiger charge is -2.24. The highest BCUT2D eigenvalue weighted by Crippen LogP contribution is 2.34. The van der Waals surface area contributed by atoms with Gasteiger partial charge < -0.3 is 4.90 Å². The number of likely N-dealkylation sites (tertiary alicyclic amines) is 1. The van der Waals surface area contributed by atoms with Crippen LogP contribution in [0.1, 0.15) is 34.8 Å². The maximum atomic E-state index is 12.9. The first-order valence-electron chi connectivity index (χ1n) is 7.47. The van der Waals surface area contributed by atoms with Gasteiger partial charge >= 0.3 is 0 Å². The maximum absolute atomic E-state index is 12.9. The van der Waals surface area contributed by atoms with E-state index in [-0.39, 0.29) is 11.9 Å². The SMILES string of the molecule is O=C(c1ccnc(-n2cncn2)c1)N1CCC[C@@H]1c1ccsc1. The molecule has 0 unspecified atom stereocenters. The van der Waals surface area contributed by atoms with Crippen LogP contribution in [0.15, 0.2) is 47.8 Å². The van der Waals surface area contributed by atoms with Crippen molar-refractivity contribution in [3.05, 3.63) is 58.9 Å². The van der Waals surface area contributed by atoms with E-state index in [4.69, 9.17) is 0 Å². The molecule has 6 nitrogen and oxygen atoms in total. The lowest BCUT2D eigenvalue weighted by atomic mass is 10.1. The number of carbonyl (C=O) groups is 1. The zero-order valence-corrected chi connectivity index (χ0v) is 13.2. The van der Waals surface area contributed by atoms with E-state index in [1.54, 1.807) is 40.7 Å². The standard InChI is InChI=1S/C16H15N5OS/c22-16(20-6-1-2-14(20)13-4-7-23-9-13)12-3-5-18-15(8-12)21-11-17-10-19-21/h3-5,7-11,14H,1-2,6H2/t14-/m1/s1. The molecule has 1 atom stereocenters. The van der Waals surface area contributed by atoms with Crippen molar-refractivity contribution in [3.63, 3.8) is 0 Å². The van der Waals surface area contributed by atoms with E-state index in [1.807, 2.05) is 4.90 Å². The van der Waals surface area contributed by atoms with Crippen molar-refractivity contribution >= 4 is 17.2 Å². The third-order valence-corrected chi connectivity index (χ3v) is 4.79. The van der Waals surface area contributed by atoms with Gasteiger partial charge in [0.15, 0.2) is 5.82 Å². The number of thiophene rings is 1. The summed E-state index contributed by atoms with van der Waals surface area (Å²) < 4.78 is 1.55. The molecular formula is C16H15N5OS. The molecule has 0 bridgehead atoms. The highest BCUT2D eigenvalue weighted by atomic mass is 32.1. The largest absolute Gasteiger partial charge is 0.332 e. The van der Waals surface area contributed by atoms with Crippen LogP contribution in [-0.2, 0) is 0 Å². The molecule has 116 valence electrons. The molecule has 1 aliphatic rings. The van der Waals surface area contributed by atoms with Gasteiger partial charge in [-0.3, -0.25) is 4.79 Å². The van der Waals surface area contributed by atoms with Crippen molar-refractivity contribution < 1.29 is 4.79 Å². The number of pyridine rings is 1. The smallest absolute Gasteiger partial charge is 0.254 e. The Labute approximate surface area is 137 Å². The van der Waals surface area contributed by atoms with E-state index >= 15 is 0 Å². The van der Waals surface area contributed by atoms with Crippen molar-refractivity contribution in [1.29, 1.82) is 0 Å². The minimum absolute atomic E-state index is 0.0439. The maximum Gasteiger partial charge on any atom is 0.254 e. The first kappa shape index (κ1) is 14.1. The second kappa shape index (κ2) is 5.92. The molecule has 1 aliphatic heterocycles. The Morgan fingerprint density at radius 1 is 1.35 bits per heavy atom. The summed E-state index contributed by atoms with van der Waals surface area (Å²) in [6.07, 6.45) is 6.71. The van der Waals surface area contributed by atoms with E-state index < -0.39 is 0 Å². The molecule has 4 rings (SSSR count). The van der Waals surface area contributed by atoms with Crippen molar-refractivity contribution in [3.8, 4) is 5.82 Å². The zero-order chi connectivity index (χ0) is 15.6. The summed E-state index contributed by atoms with van der Waals surface area (Å²) >= 11 is 1.67. The monoisotopic (exact) mass is 325 g/mol. The molecule has 0 spiro atoms. The molecule has 0 N–H and O–H groups in total. The Bertz CT molecular complexity index is 800. The van der Waals surface area contributed by atoms with E-state index in [0.29, 0.717) is 11.4 Å². The highest BCUT2D eigenvalue weighted by Gasteiger charge is 2.30. The number of hydrogen-bond donors (Lipinski definition) is 0. The van der Waals surface area contributed by atoms with E-state index in [9.17, 15) is 4.79 Å². The van der Waals surface area contributed by atoms with Crippen LogP contribution in [0.25, 0.3) is 5.82 Å². The first-order valence-corrected chi connectivity index (χ1v) is 8.41. The van der Waals surface area contributed by atoms with Crippen LogP contribution >= 0.6 is 11.3 Å². The summed E-state index contributed by atoms with van der Waals surface area (Å²) in [6.45, 7) is 0.792. The van der Waals surface area contributed by atoms with Crippen molar-refractivity contribution in [1.82, 2.24) is 24.6 Å². The average Bonchev–Trinajstić information content (AvgIpc) is 3.35. The van der Waals surface area contributed by atoms with Crippen LogP contribution in [-0.4, -0.2) is 37.1 Å².